The first kappa shape index (κ1) is 90.6. The number of hydrogen-bond donors (Lipinski definition) is 0. The molecular weight excluding hydrogens is 1740 g/mol. The van der Waals surface area contributed by atoms with Crippen molar-refractivity contribution in [1.29, 1.82) is 0 Å². The van der Waals surface area contributed by atoms with E-state index in [0.717, 1.165) is 101 Å². The van der Waals surface area contributed by atoms with Gasteiger partial charge in [0.15, 0.2) is 0 Å². The molecule has 4 heterocycles. The highest BCUT2D eigenvalue weighted by Crippen LogP contribution is 2.45. The van der Waals surface area contributed by atoms with Crippen LogP contribution in [0.4, 0.5) is 34.1 Å². The lowest BCUT2D eigenvalue weighted by Gasteiger charge is -2.26. The number of benzene rings is 19. The Kier molecular flexibility index (Phi) is 24.0. The standard InChI is InChI=1S/C66H56N2OSi2.C60H52N2OSi2.2CH4/c1-70(2,3)57-37-23-47(24-38-57)45-15-29-53(30-16-45)67(54-31-17-46(18-32-54)48-25-39-58(40-26-48)71(4,5)6)55-33-19-49(20-34-55)51-28-42-64-62(43-51)59-11-7-9-13-63(59)68(64)56-35-21-50(22-36-56)52-27-41-61-60-12-8-10-14-65(60)69-66(61)44-52;1-64(2,3)51-33-21-43(22-34-51)41-15-26-47(27-16-41)61(48-28-17-42(18-29-48)44-23-35-52(36-24-44)65(4,5)6)49-30-19-45(20-31-49)46-25-38-58-56(39-46)53-11-7-9-13-57(53)62(58)50-32-37-55-54-12-8-10-14-59(54)63-60(55)40-50;;/h7-44H,1-6H3;7-40H,1-6H3;2*1H4. The fraction of sp³-hybridized carbons (Fsp3) is 0.109. The minimum atomic E-state index is -1.38. The predicted molar refractivity (Wildman–Crippen MR) is 609 cm³/mol. The quantitative estimate of drug-likeness (QED) is 0.0757. The van der Waals surface area contributed by atoms with E-state index < -0.39 is 32.3 Å². The molecule has 0 bridgehead atoms. The third kappa shape index (κ3) is 17.5. The maximum absolute atomic E-state index is 6.33. The lowest BCUT2D eigenvalue weighted by atomic mass is 10.0. The van der Waals surface area contributed by atoms with Crippen LogP contribution in [-0.2, 0) is 0 Å². The molecule has 0 aliphatic heterocycles. The minimum Gasteiger partial charge on any atom is -0.456 e. The van der Waals surface area contributed by atoms with Crippen LogP contribution in [0.3, 0.4) is 0 Å². The zero-order valence-corrected chi connectivity index (χ0v) is 83.2. The summed E-state index contributed by atoms with van der Waals surface area (Å²) in [6, 6.07) is 161. The number of rotatable bonds is 19. The first-order chi connectivity index (χ1) is 65.9. The van der Waals surface area contributed by atoms with Gasteiger partial charge in [0.1, 0.15) is 22.3 Å². The Bertz CT molecular complexity index is 8200. The summed E-state index contributed by atoms with van der Waals surface area (Å²) in [4.78, 5) is 4.74. The summed E-state index contributed by atoms with van der Waals surface area (Å²) in [6.45, 7) is 28.8. The Morgan fingerprint density at radius 1 is 0.167 bits per heavy atom. The molecule has 23 aromatic rings. The Balaban J connectivity index is 0.000000168. The van der Waals surface area contributed by atoms with Crippen LogP contribution in [0.1, 0.15) is 14.9 Å². The fourth-order valence-corrected chi connectivity index (χ4v) is 24.5. The van der Waals surface area contributed by atoms with Gasteiger partial charge in [-0.15, -0.1) is 0 Å². The van der Waals surface area contributed by atoms with Crippen molar-refractivity contribution < 1.29 is 8.83 Å². The Morgan fingerprint density at radius 2 is 0.377 bits per heavy atom. The molecule has 0 amide bonds. The van der Waals surface area contributed by atoms with E-state index in [4.69, 9.17) is 8.83 Å². The van der Waals surface area contributed by atoms with Gasteiger partial charge in [0.05, 0.1) is 54.4 Å². The first-order valence-corrected chi connectivity index (χ1v) is 61.5. The number of fused-ring (bicyclic) bond motifs is 12. The van der Waals surface area contributed by atoms with E-state index in [1.54, 1.807) is 0 Å². The maximum atomic E-state index is 6.33. The molecule has 10 heteroatoms. The molecule has 676 valence electrons. The number of para-hydroxylation sites is 4. The van der Waals surface area contributed by atoms with Crippen molar-refractivity contribution in [2.45, 2.75) is 93.4 Å². The van der Waals surface area contributed by atoms with Gasteiger partial charge in [0.2, 0.25) is 0 Å². The highest BCUT2D eigenvalue weighted by atomic mass is 28.3. The molecule has 0 radical (unpaired) electrons. The van der Waals surface area contributed by atoms with Gasteiger partial charge < -0.3 is 27.8 Å². The molecule has 0 aliphatic rings. The molecule has 19 aromatic carbocycles. The van der Waals surface area contributed by atoms with Crippen molar-refractivity contribution in [2.24, 2.45) is 0 Å². The Hall–Kier alpha value is -15.2. The van der Waals surface area contributed by atoms with Crippen molar-refractivity contribution in [2.75, 3.05) is 9.80 Å². The molecular formula is C128H116N4O2Si4. The van der Waals surface area contributed by atoms with Crippen LogP contribution in [0, 0.1) is 0 Å². The fourth-order valence-electron chi connectivity index (χ4n) is 19.8. The number of nitrogens with zero attached hydrogens (tertiary/aromatic N) is 4. The lowest BCUT2D eigenvalue weighted by Crippen LogP contribution is -2.37. The van der Waals surface area contributed by atoms with E-state index in [9.17, 15) is 0 Å². The van der Waals surface area contributed by atoms with Crippen molar-refractivity contribution in [3.8, 4) is 89.3 Å². The van der Waals surface area contributed by atoms with Gasteiger partial charge in [-0.05, 0) is 236 Å². The third-order valence-corrected chi connectivity index (χ3v) is 35.8. The topological polar surface area (TPSA) is 42.6 Å². The van der Waals surface area contributed by atoms with Gasteiger partial charge in [-0.25, -0.2) is 0 Å². The second-order valence-electron chi connectivity index (χ2n) is 40.6. The zero-order valence-electron chi connectivity index (χ0n) is 79.2. The third-order valence-electron chi connectivity index (χ3n) is 27.6. The molecule has 0 atom stereocenters. The molecule has 0 fully saturated rings. The monoisotopic (exact) mass is 1850 g/mol. The van der Waals surface area contributed by atoms with Gasteiger partial charge in [-0.2, -0.15) is 0 Å². The van der Waals surface area contributed by atoms with Crippen LogP contribution >= 0.6 is 0 Å². The number of hydrogen-bond acceptors (Lipinski definition) is 4. The van der Waals surface area contributed by atoms with Crippen molar-refractivity contribution in [3.05, 3.63) is 437 Å². The zero-order chi connectivity index (χ0) is 92.9. The molecule has 23 rings (SSSR count). The lowest BCUT2D eigenvalue weighted by molar-refractivity contribution is 0.668. The van der Waals surface area contributed by atoms with Crippen LogP contribution in [0.5, 0.6) is 0 Å². The molecule has 0 N–H and O–H groups in total. The number of anilines is 6. The van der Waals surface area contributed by atoms with Crippen LogP contribution in [0.15, 0.2) is 446 Å². The number of furan rings is 2. The molecule has 138 heavy (non-hydrogen) atoms. The van der Waals surface area contributed by atoms with E-state index in [1.165, 1.54) is 131 Å². The smallest absolute Gasteiger partial charge is 0.137 e. The predicted octanol–water partition coefficient (Wildman–Crippen LogP) is 35.4. The van der Waals surface area contributed by atoms with E-state index >= 15 is 0 Å². The largest absolute Gasteiger partial charge is 0.456 e. The van der Waals surface area contributed by atoms with E-state index in [0.29, 0.717) is 0 Å². The van der Waals surface area contributed by atoms with Gasteiger partial charge >= 0.3 is 0 Å². The summed E-state index contributed by atoms with van der Waals surface area (Å²) < 4.78 is 17.3. The first-order valence-electron chi connectivity index (χ1n) is 47.5. The van der Waals surface area contributed by atoms with Gasteiger partial charge in [-0.1, -0.05) is 387 Å². The van der Waals surface area contributed by atoms with Gasteiger partial charge in [0, 0.05) is 94.7 Å². The van der Waals surface area contributed by atoms with Crippen molar-refractivity contribution >= 4 is 175 Å². The minimum absolute atomic E-state index is 0. The van der Waals surface area contributed by atoms with Crippen LogP contribution < -0.4 is 30.5 Å². The second kappa shape index (κ2) is 36.5. The van der Waals surface area contributed by atoms with E-state index in [1.807, 2.05) is 24.3 Å². The Labute approximate surface area is 815 Å². The molecule has 0 aliphatic carbocycles. The van der Waals surface area contributed by atoms with Crippen LogP contribution in [0.25, 0.3) is 177 Å². The molecule has 0 spiro atoms. The summed E-state index contributed by atoms with van der Waals surface area (Å²) in [5, 5.41) is 15.4. The van der Waals surface area contributed by atoms with Crippen LogP contribution in [-0.4, -0.2) is 41.4 Å². The van der Waals surface area contributed by atoms with Crippen molar-refractivity contribution in [3.63, 3.8) is 0 Å². The molecule has 6 nitrogen and oxygen atoms in total. The molecule has 4 aromatic heterocycles. The highest BCUT2D eigenvalue weighted by Gasteiger charge is 2.25. The van der Waals surface area contributed by atoms with Crippen LogP contribution in [0.2, 0.25) is 78.6 Å². The molecule has 0 saturated carbocycles. The molecule has 0 saturated heterocycles. The second-order valence-corrected chi connectivity index (χ2v) is 60.9. The summed E-state index contributed by atoms with van der Waals surface area (Å²) >= 11 is 0. The normalized spacial score (nSPS) is 11.9. The summed E-state index contributed by atoms with van der Waals surface area (Å²) in [6.07, 6.45) is 0. The summed E-state index contributed by atoms with van der Waals surface area (Å²) in [5.41, 5.74) is 34.0. The molecule has 0 unspecified atom stereocenters. The van der Waals surface area contributed by atoms with Gasteiger partial charge in [-0.3, -0.25) is 0 Å². The van der Waals surface area contributed by atoms with Crippen molar-refractivity contribution in [1.82, 2.24) is 9.13 Å². The average molecular weight is 1850 g/mol. The summed E-state index contributed by atoms with van der Waals surface area (Å²) in [5.74, 6) is 0. The van der Waals surface area contributed by atoms with Gasteiger partial charge in [0.25, 0.3) is 0 Å². The van der Waals surface area contributed by atoms with E-state index in [2.05, 4.69) is 510 Å². The van der Waals surface area contributed by atoms with E-state index in [-0.39, 0.29) is 14.9 Å². The average Bonchev–Trinajstić information content (AvgIpc) is 1.58. The highest BCUT2D eigenvalue weighted by molar-refractivity contribution is 6.90. The maximum Gasteiger partial charge on any atom is 0.137 e. The Morgan fingerprint density at radius 3 is 0.688 bits per heavy atom. The summed E-state index contributed by atoms with van der Waals surface area (Å²) in [7, 11) is -5.51. The SMILES string of the molecule is C.C.C[Si](C)(C)c1ccc(-c2ccc(N(c3ccc(-c4ccc([Si](C)(C)C)cc4)cc3)c3ccc(-c4ccc5c(c4)c4ccccc4n5-c4ccc(-c5ccc6c(c5)oc5ccccc56)cc4)cc3)cc2)cc1.C[Si](C)(C)c1ccc(-c2ccc(N(c3ccc(-c4ccc([Si](C)(C)C)cc4)cc3)c3ccc(-c4ccc5c(c4)c4ccccc4n5-c4ccc5c(c4)oc4ccccc45)cc3)cc2)cc1. The number of aromatic nitrogens is 2.